The third kappa shape index (κ3) is 14.3. The van der Waals surface area contributed by atoms with Gasteiger partial charge in [0.05, 0.1) is 90.0 Å². The highest BCUT2D eigenvalue weighted by molar-refractivity contribution is 6.11. The number of rotatable bonds is 12. The Labute approximate surface area is 665 Å². The summed E-state index contributed by atoms with van der Waals surface area (Å²) in [6, 6.07) is 105. The molecule has 0 fully saturated rings. The Hall–Kier alpha value is -15.6. The predicted octanol–water partition coefficient (Wildman–Crippen LogP) is 25.3. The maximum absolute atomic E-state index is 14.1. The van der Waals surface area contributed by atoms with E-state index in [0.29, 0.717) is 38.1 Å². The smallest absolute Gasteiger partial charge is 0.160 e. The monoisotopic (exact) mass is 1530 g/mol. The van der Waals surface area contributed by atoms with Crippen LogP contribution in [0.25, 0.3) is 184 Å². The first-order chi connectivity index (χ1) is 57.4. The standard InChI is InChI=1S/C34H21F2N3.2C33H20F2N4/c35-25-11-15-33-28(20-25)29-21-26(36)12-16-34(29)39(33)27-13-9-22(10-14-27)24-18-31(23-6-2-1-3-7-23)38-32(19-24)30-8-4-5-17-37-30;34-23-9-13-32-26(19-23)27-20-24(35)10-14-33(27)39(32)25-11-7-21(8-12-25)22-17-30(28-5-1-3-15-36-28)38-31(18-22)29-6-2-4-16-37-29;34-23-11-15-31-26(18-23)27-19-24(35)12-16-32(27)39(31)25-13-9-21(10-14-25)29-20-30(28-8-4-5-17-36-28)38-33(37-29)22-6-2-1-3-7-22/h1-21H;2*1-20H. The topological polar surface area (TPSA) is 118 Å². The molecule has 0 aliphatic rings. The summed E-state index contributed by atoms with van der Waals surface area (Å²) in [5, 5.41) is 4.02. The predicted molar refractivity (Wildman–Crippen MR) is 453 cm³/mol. The SMILES string of the molecule is Fc1ccc2c(c1)c1cc(F)ccc1n2-c1ccc(-c2cc(-c3ccccc3)nc(-c3ccccn3)c2)cc1.Fc1ccc2c(c1)c1cc(F)ccc1n2-c1ccc(-c2cc(-c3ccccn3)nc(-c3ccccc3)n2)cc1.Fc1ccc2c(c1)c1cc(F)ccc1n2-c1ccc(-c2cc(-c3ccccn3)nc(-c3ccccn3)c2)cc1. The summed E-state index contributed by atoms with van der Waals surface area (Å²) in [5.41, 5.74) is 22.2. The van der Waals surface area contributed by atoms with Crippen LogP contribution in [0.3, 0.4) is 0 Å². The van der Waals surface area contributed by atoms with Crippen molar-refractivity contribution in [2.45, 2.75) is 0 Å². The molecule has 0 atom stereocenters. The van der Waals surface area contributed by atoms with Crippen LogP contribution in [0.2, 0.25) is 0 Å². The van der Waals surface area contributed by atoms with Crippen molar-refractivity contribution in [3.63, 3.8) is 0 Å². The third-order valence-electron chi connectivity index (χ3n) is 20.6. The van der Waals surface area contributed by atoms with E-state index in [1.165, 1.54) is 72.8 Å². The van der Waals surface area contributed by atoms with E-state index in [4.69, 9.17) is 19.9 Å². The van der Waals surface area contributed by atoms with Crippen LogP contribution in [0.4, 0.5) is 26.3 Å². The molecule has 0 aliphatic carbocycles. The first kappa shape index (κ1) is 71.7. The minimum absolute atomic E-state index is 0.350. The van der Waals surface area contributed by atoms with Gasteiger partial charge in [0.25, 0.3) is 0 Å². The summed E-state index contributed by atoms with van der Waals surface area (Å²) in [6.45, 7) is 0. The molecule has 558 valence electrons. The van der Waals surface area contributed by atoms with Gasteiger partial charge in [-0.3, -0.25) is 19.9 Å². The fourth-order valence-corrected chi connectivity index (χ4v) is 15.2. The van der Waals surface area contributed by atoms with Gasteiger partial charge in [0, 0.05) is 90.9 Å². The van der Waals surface area contributed by atoms with Crippen molar-refractivity contribution in [3.05, 3.63) is 405 Å². The van der Waals surface area contributed by atoms with Gasteiger partial charge in [0.1, 0.15) is 34.9 Å². The van der Waals surface area contributed by atoms with E-state index < -0.39 is 0 Å². The number of hydrogen-bond donors (Lipinski definition) is 0. The van der Waals surface area contributed by atoms with E-state index in [1.807, 2.05) is 226 Å². The van der Waals surface area contributed by atoms with Gasteiger partial charge >= 0.3 is 0 Å². The van der Waals surface area contributed by atoms with Gasteiger partial charge in [0.15, 0.2) is 5.82 Å². The summed E-state index contributed by atoms with van der Waals surface area (Å²) in [6.07, 6.45) is 7.02. The molecule has 0 amide bonds. The number of hydrogen-bond acceptors (Lipinski definition) is 8. The molecule has 10 heterocycles. The minimum Gasteiger partial charge on any atom is -0.309 e. The second-order valence-electron chi connectivity index (χ2n) is 27.9. The molecular weight excluding hydrogens is 1470 g/mol. The quantitative estimate of drug-likeness (QED) is 0.111. The molecule has 0 radical (unpaired) electrons. The summed E-state index contributed by atoms with van der Waals surface area (Å²) in [4.78, 5) is 37.4. The molecule has 0 N–H and O–H groups in total. The number of pyridine rings is 6. The van der Waals surface area contributed by atoms with Crippen LogP contribution in [-0.2, 0) is 0 Å². The molecule has 17 heteroatoms. The lowest BCUT2D eigenvalue weighted by Gasteiger charge is -2.12. The average molecular weight is 1530 g/mol. The van der Waals surface area contributed by atoms with Gasteiger partial charge in [-0.05, 0) is 247 Å². The molecule has 0 saturated heterocycles. The number of nitrogens with zero attached hydrogens (tertiary/aromatic N) is 11. The van der Waals surface area contributed by atoms with Crippen molar-refractivity contribution in [1.82, 2.24) is 53.6 Å². The molecule has 11 aromatic carbocycles. The minimum atomic E-state index is -0.358. The van der Waals surface area contributed by atoms with E-state index in [9.17, 15) is 26.3 Å². The fourth-order valence-electron chi connectivity index (χ4n) is 15.2. The lowest BCUT2D eigenvalue weighted by molar-refractivity contribution is 0.628. The van der Waals surface area contributed by atoms with Gasteiger partial charge in [-0.15, -0.1) is 0 Å². The number of halogens is 6. The Kier molecular flexibility index (Phi) is 18.9. The molecule has 0 saturated carbocycles. The maximum Gasteiger partial charge on any atom is 0.160 e. The lowest BCUT2D eigenvalue weighted by Crippen LogP contribution is -1.97. The molecule has 10 aromatic heterocycles. The first-order valence-corrected chi connectivity index (χ1v) is 37.6. The molecular formula is C100H61F6N11. The van der Waals surface area contributed by atoms with Crippen molar-refractivity contribution < 1.29 is 26.3 Å². The molecule has 0 spiro atoms. The number of benzene rings is 11. The molecule has 11 nitrogen and oxygen atoms in total. The van der Waals surface area contributed by atoms with Crippen LogP contribution >= 0.6 is 0 Å². The Morgan fingerprint density at radius 2 is 0.419 bits per heavy atom. The molecule has 21 rings (SSSR count). The normalized spacial score (nSPS) is 11.3. The zero-order chi connectivity index (χ0) is 79.0. The molecule has 117 heavy (non-hydrogen) atoms. The molecule has 0 bridgehead atoms. The van der Waals surface area contributed by atoms with Crippen molar-refractivity contribution >= 4 is 65.4 Å². The van der Waals surface area contributed by atoms with Crippen molar-refractivity contribution in [1.29, 1.82) is 0 Å². The second kappa shape index (κ2) is 30.8. The summed E-state index contributed by atoms with van der Waals surface area (Å²) < 4.78 is 90.7. The maximum atomic E-state index is 14.1. The number of aromatic nitrogens is 11. The van der Waals surface area contributed by atoms with Crippen LogP contribution < -0.4 is 0 Å². The van der Waals surface area contributed by atoms with Crippen LogP contribution in [0, 0.1) is 34.9 Å². The highest BCUT2D eigenvalue weighted by atomic mass is 19.1. The molecule has 0 unspecified atom stereocenters. The lowest BCUT2D eigenvalue weighted by atomic mass is 10.0. The third-order valence-corrected chi connectivity index (χ3v) is 20.6. The summed E-state index contributed by atoms with van der Waals surface area (Å²) >= 11 is 0. The van der Waals surface area contributed by atoms with E-state index in [-0.39, 0.29) is 34.9 Å². The van der Waals surface area contributed by atoms with E-state index in [1.54, 1.807) is 61.2 Å². The highest BCUT2D eigenvalue weighted by Crippen LogP contribution is 2.40. The molecule has 0 aliphatic heterocycles. The zero-order valence-electron chi connectivity index (χ0n) is 61.9. The average Bonchev–Trinajstić information content (AvgIpc) is 1.61. The largest absolute Gasteiger partial charge is 0.309 e. The Morgan fingerprint density at radius 3 is 0.726 bits per heavy atom. The van der Waals surface area contributed by atoms with Crippen LogP contribution in [0.15, 0.2) is 371 Å². The second-order valence-corrected chi connectivity index (χ2v) is 27.9. The fraction of sp³-hybridized carbons (Fsp3) is 0. The number of fused-ring (bicyclic) bond motifs is 9. The van der Waals surface area contributed by atoms with Gasteiger partial charge in [0.2, 0.25) is 0 Å². The van der Waals surface area contributed by atoms with Crippen LogP contribution in [0.5, 0.6) is 0 Å². The van der Waals surface area contributed by atoms with Crippen molar-refractivity contribution in [3.8, 4) is 119 Å². The highest BCUT2D eigenvalue weighted by Gasteiger charge is 2.21. The Bertz CT molecular complexity index is 6240. The Morgan fingerprint density at radius 1 is 0.171 bits per heavy atom. The van der Waals surface area contributed by atoms with Gasteiger partial charge in [-0.25, -0.2) is 46.3 Å². The zero-order valence-corrected chi connectivity index (χ0v) is 61.9. The van der Waals surface area contributed by atoms with Crippen molar-refractivity contribution in [2.24, 2.45) is 0 Å². The van der Waals surface area contributed by atoms with Crippen molar-refractivity contribution in [2.75, 3.05) is 0 Å². The van der Waals surface area contributed by atoms with E-state index in [0.717, 1.165) is 146 Å². The van der Waals surface area contributed by atoms with Gasteiger partial charge in [-0.2, -0.15) is 0 Å². The summed E-state index contributed by atoms with van der Waals surface area (Å²) in [5.74, 6) is -1.51. The van der Waals surface area contributed by atoms with Gasteiger partial charge < -0.3 is 13.7 Å². The van der Waals surface area contributed by atoms with E-state index >= 15 is 0 Å². The van der Waals surface area contributed by atoms with Crippen LogP contribution in [-0.4, -0.2) is 53.6 Å². The van der Waals surface area contributed by atoms with E-state index in [2.05, 4.69) is 44.2 Å². The molecule has 21 aromatic rings. The van der Waals surface area contributed by atoms with Gasteiger partial charge in [-0.1, -0.05) is 121 Å². The van der Waals surface area contributed by atoms with Crippen LogP contribution in [0.1, 0.15) is 0 Å². The Balaban J connectivity index is 0.000000117. The first-order valence-electron chi connectivity index (χ1n) is 37.6. The summed E-state index contributed by atoms with van der Waals surface area (Å²) in [7, 11) is 0.